The Hall–Kier alpha value is -0.100. The molecule has 0 radical (unpaired) electrons. The van der Waals surface area contributed by atoms with Crippen molar-refractivity contribution in [2.45, 2.75) is 6.42 Å². The number of hydrogen-bond acceptors (Lipinski definition) is 3. The Labute approximate surface area is 73.3 Å². The van der Waals surface area contributed by atoms with E-state index < -0.39 is 18.4 Å². The van der Waals surface area contributed by atoms with Crippen LogP contribution in [0.5, 0.6) is 0 Å². The Morgan fingerprint density at radius 3 is 1.78 bits per heavy atom. The monoisotopic (exact) mass is 144 g/mol. The topological polar surface area (TPSA) is 109 Å². The van der Waals surface area contributed by atoms with Gasteiger partial charge in [-0.15, -0.1) is 0 Å². The summed E-state index contributed by atoms with van der Waals surface area (Å²) >= 11 is 0. The average molecular weight is 144 g/mol. The Bertz CT molecular complexity index is 88.4. The van der Waals surface area contributed by atoms with Crippen LogP contribution in [-0.4, -0.2) is 22.5 Å². The van der Waals surface area contributed by atoms with Gasteiger partial charge in [-0.3, -0.25) is 4.79 Å². The Balaban J connectivity index is -0.000000180. The largest absolute Gasteiger partial charge is 1.00 e. The molecule has 0 heterocycles. The Morgan fingerprint density at radius 2 is 1.78 bits per heavy atom. The molecule has 0 rings (SSSR count). The van der Waals surface area contributed by atoms with Gasteiger partial charge in [0.25, 0.3) is 0 Å². The van der Waals surface area contributed by atoms with Crippen molar-refractivity contribution < 1.29 is 54.8 Å². The van der Waals surface area contributed by atoms with E-state index in [-0.39, 0.29) is 35.0 Å². The number of carboxylic acid groups (broad SMARTS) is 2. The van der Waals surface area contributed by atoms with Gasteiger partial charge < -0.3 is 20.5 Å². The minimum atomic E-state index is -1.56. The molecule has 0 bridgehead atoms. The maximum Gasteiger partial charge on any atom is 1.00 e. The first kappa shape index (κ1) is 16.0. The minimum Gasteiger partial charge on any atom is -0.550 e. The first-order valence-electron chi connectivity index (χ1n) is 1.54. The van der Waals surface area contributed by atoms with Crippen LogP contribution in [0.2, 0.25) is 0 Å². The van der Waals surface area contributed by atoms with Crippen molar-refractivity contribution in [3.8, 4) is 0 Å². The van der Waals surface area contributed by atoms with Gasteiger partial charge in [0.2, 0.25) is 0 Å². The van der Waals surface area contributed by atoms with Crippen molar-refractivity contribution in [1.82, 2.24) is 0 Å². The van der Waals surface area contributed by atoms with Gasteiger partial charge in [-0.05, 0) is 0 Å². The van der Waals surface area contributed by atoms with Crippen molar-refractivity contribution in [2.24, 2.45) is 0 Å². The van der Waals surface area contributed by atoms with Crippen LogP contribution in [0.3, 0.4) is 0 Å². The first-order chi connectivity index (χ1) is 3.13. The molecular weight excluding hydrogens is 139 g/mol. The standard InChI is InChI=1S/C3H4O4.Na.H2O/c4-2(5)1-3(6)7;;/h1H2,(H,4,5)(H,6,7);;1H2/q;+1;/p-1. The average Bonchev–Trinajstić information content (AvgIpc) is 1.27. The minimum absolute atomic E-state index is 0. The maximum absolute atomic E-state index is 9.39. The molecule has 3 N–H and O–H groups in total. The zero-order chi connectivity index (χ0) is 5.86. The Kier molecular flexibility index (Phi) is 14.0. The predicted octanol–water partition coefficient (Wildman–Crippen LogP) is -5.61. The van der Waals surface area contributed by atoms with Crippen LogP contribution in [0.25, 0.3) is 0 Å². The van der Waals surface area contributed by atoms with E-state index >= 15 is 0 Å². The normalized spacial score (nSPS) is 6.22. The van der Waals surface area contributed by atoms with Gasteiger partial charge in [0.05, 0.1) is 12.4 Å². The summed E-state index contributed by atoms with van der Waals surface area (Å²) in [6.45, 7) is 0. The van der Waals surface area contributed by atoms with E-state index in [1.54, 1.807) is 0 Å². The molecule has 0 spiro atoms. The van der Waals surface area contributed by atoms with Crippen molar-refractivity contribution in [3.63, 3.8) is 0 Å². The molecule has 0 aromatic carbocycles. The van der Waals surface area contributed by atoms with Crippen LogP contribution in [-0.2, 0) is 9.59 Å². The van der Waals surface area contributed by atoms with Crippen molar-refractivity contribution in [3.05, 3.63) is 0 Å². The van der Waals surface area contributed by atoms with Gasteiger partial charge in [-0.25, -0.2) is 0 Å². The van der Waals surface area contributed by atoms with Gasteiger partial charge in [-0.2, -0.15) is 0 Å². The third-order valence-electron chi connectivity index (χ3n) is 0.296. The molecule has 6 heteroatoms. The van der Waals surface area contributed by atoms with Crippen LogP contribution in [0, 0.1) is 0 Å². The van der Waals surface area contributed by atoms with Crippen LogP contribution >= 0.6 is 0 Å². The summed E-state index contributed by atoms with van der Waals surface area (Å²) in [4.78, 5) is 18.7. The molecule has 0 amide bonds. The van der Waals surface area contributed by atoms with Gasteiger partial charge in [0, 0.05) is 0 Å². The number of carbonyl (C=O) groups excluding carboxylic acids is 1. The molecule has 9 heavy (non-hydrogen) atoms. The molecule has 0 saturated heterocycles. The quantitative estimate of drug-likeness (QED) is 0.307. The molecule has 0 fully saturated rings. The molecule has 0 saturated carbocycles. The molecule has 0 aromatic heterocycles. The summed E-state index contributed by atoms with van der Waals surface area (Å²) in [6, 6.07) is 0. The molecule has 48 valence electrons. The van der Waals surface area contributed by atoms with E-state index in [1.165, 1.54) is 0 Å². The predicted molar refractivity (Wildman–Crippen MR) is 20.9 cm³/mol. The van der Waals surface area contributed by atoms with Crippen molar-refractivity contribution in [1.29, 1.82) is 0 Å². The smallest absolute Gasteiger partial charge is 0.550 e. The van der Waals surface area contributed by atoms with Crippen LogP contribution in [0.4, 0.5) is 0 Å². The zero-order valence-corrected chi connectivity index (χ0v) is 6.88. The van der Waals surface area contributed by atoms with Gasteiger partial charge in [0.1, 0.15) is 0 Å². The molecular formula is C3H5NaO5. The van der Waals surface area contributed by atoms with Crippen LogP contribution < -0.4 is 34.7 Å². The molecule has 0 atom stereocenters. The molecule has 5 nitrogen and oxygen atoms in total. The first-order valence-corrected chi connectivity index (χ1v) is 1.54. The van der Waals surface area contributed by atoms with E-state index in [0.29, 0.717) is 0 Å². The second-order valence-electron chi connectivity index (χ2n) is 0.943. The van der Waals surface area contributed by atoms with E-state index in [1.807, 2.05) is 0 Å². The second kappa shape index (κ2) is 7.90. The van der Waals surface area contributed by atoms with Crippen LogP contribution in [0.1, 0.15) is 6.42 Å². The molecule has 0 aliphatic rings. The molecule has 0 aromatic rings. The van der Waals surface area contributed by atoms with Crippen LogP contribution in [0.15, 0.2) is 0 Å². The number of rotatable bonds is 2. The van der Waals surface area contributed by atoms with Gasteiger partial charge >= 0.3 is 35.5 Å². The SMILES string of the molecule is O.O=C([O-])CC(=O)O.[Na+]. The van der Waals surface area contributed by atoms with Crippen molar-refractivity contribution in [2.75, 3.05) is 0 Å². The maximum atomic E-state index is 9.39. The summed E-state index contributed by atoms with van der Waals surface area (Å²) in [5, 5.41) is 17.0. The van der Waals surface area contributed by atoms with Gasteiger partial charge in [0.15, 0.2) is 0 Å². The molecule has 0 aliphatic carbocycles. The van der Waals surface area contributed by atoms with E-state index in [2.05, 4.69) is 0 Å². The Morgan fingerprint density at radius 1 is 1.44 bits per heavy atom. The third-order valence-corrected chi connectivity index (χ3v) is 0.296. The van der Waals surface area contributed by atoms with Gasteiger partial charge in [-0.1, -0.05) is 0 Å². The fourth-order valence-electron chi connectivity index (χ4n) is 0.123. The van der Waals surface area contributed by atoms with E-state index in [9.17, 15) is 14.7 Å². The summed E-state index contributed by atoms with van der Waals surface area (Å²) in [5.74, 6) is -2.94. The summed E-state index contributed by atoms with van der Waals surface area (Å²) in [6.07, 6.45) is -0.917. The summed E-state index contributed by atoms with van der Waals surface area (Å²) in [5.41, 5.74) is 0. The zero-order valence-electron chi connectivity index (χ0n) is 4.88. The number of hydrogen-bond donors (Lipinski definition) is 1. The number of carboxylic acids is 2. The number of aliphatic carboxylic acids is 2. The number of carbonyl (C=O) groups is 2. The second-order valence-corrected chi connectivity index (χ2v) is 0.943. The fraction of sp³-hybridized carbons (Fsp3) is 0.333. The van der Waals surface area contributed by atoms with E-state index in [4.69, 9.17) is 5.11 Å². The van der Waals surface area contributed by atoms with E-state index in [0.717, 1.165) is 0 Å². The summed E-state index contributed by atoms with van der Waals surface area (Å²) in [7, 11) is 0. The molecule has 0 aliphatic heterocycles. The third kappa shape index (κ3) is 18.1. The summed E-state index contributed by atoms with van der Waals surface area (Å²) < 4.78 is 0. The molecule has 0 unspecified atom stereocenters. The van der Waals surface area contributed by atoms with Crippen molar-refractivity contribution >= 4 is 11.9 Å². The fourth-order valence-corrected chi connectivity index (χ4v) is 0.123.